The van der Waals surface area contributed by atoms with Gasteiger partial charge >= 0.3 is 0 Å². The van der Waals surface area contributed by atoms with Gasteiger partial charge in [0.1, 0.15) is 5.82 Å². The van der Waals surface area contributed by atoms with Crippen LogP contribution in [0.15, 0.2) is 46.6 Å². The minimum absolute atomic E-state index is 0.0242. The Morgan fingerprint density at radius 2 is 2.00 bits per heavy atom. The molecule has 0 bridgehead atoms. The molecule has 6 nitrogen and oxygen atoms in total. The number of thiophene rings is 1. The van der Waals surface area contributed by atoms with Crippen molar-refractivity contribution in [3.05, 3.63) is 62.8 Å². The predicted octanol–water partition coefficient (Wildman–Crippen LogP) is 3.78. The van der Waals surface area contributed by atoms with Crippen LogP contribution in [0.4, 0.5) is 0 Å². The monoisotopic (exact) mass is 424 g/mol. The van der Waals surface area contributed by atoms with E-state index in [1.54, 1.807) is 0 Å². The molecular formula is C23H28N4O2S. The highest BCUT2D eigenvalue weighted by Gasteiger charge is 2.33. The van der Waals surface area contributed by atoms with Crippen molar-refractivity contribution in [1.82, 2.24) is 19.4 Å². The van der Waals surface area contributed by atoms with Crippen LogP contribution in [0.3, 0.4) is 0 Å². The summed E-state index contributed by atoms with van der Waals surface area (Å²) in [4.78, 5) is 36.0. The van der Waals surface area contributed by atoms with Crippen molar-refractivity contribution >= 4 is 28.1 Å². The number of benzene rings is 1. The van der Waals surface area contributed by atoms with Crippen molar-refractivity contribution < 1.29 is 4.79 Å². The molecule has 2 atom stereocenters. The normalized spacial score (nSPS) is 18.6. The fourth-order valence-corrected chi connectivity index (χ4v) is 5.14. The first kappa shape index (κ1) is 20.8. The van der Waals surface area contributed by atoms with Gasteiger partial charge in [-0.1, -0.05) is 25.1 Å². The lowest BCUT2D eigenvalue weighted by Gasteiger charge is -2.43. The second kappa shape index (κ2) is 8.70. The van der Waals surface area contributed by atoms with Crippen LogP contribution in [0, 0.1) is 0 Å². The molecule has 1 aliphatic rings. The molecule has 0 N–H and O–H groups in total. The van der Waals surface area contributed by atoms with Gasteiger partial charge in [-0.15, -0.1) is 11.3 Å². The van der Waals surface area contributed by atoms with E-state index < -0.39 is 0 Å². The third-order valence-electron chi connectivity index (χ3n) is 5.98. The minimum Gasteiger partial charge on any atom is -0.333 e. The van der Waals surface area contributed by atoms with E-state index >= 15 is 0 Å². The molecule has 4 rings (SSSR count). The van der Waals surface area contributed by atoms with Gasteiger partial charge in [-0.05, 0) is 43.8 Å². The highest BCUT2D eigenvalue weighted by atomic mass is 32.1. The lowest BCUT2D eigenvalue weighted by atomic mass is 10.1. The summed E-state index contributed by atoms with van der Waals surface area (Å²) >= 11 is 1.49. The van der Waals surface area contributed by atoms with Crippen LogP contribution in [0.5, 0.6) is 0 Å². The largest absolute Gasteiger partial charge is 0.333 e. The standard InChI is InChI=1S/C23H28N4O2S/c1-4-19(21-24-18-10-7-6-9-17(18)22(28)26(21)5-2)25-12-13-27(16(3)15-25)23(29)20-11-8-14-30-20/h6-11,14,16,19H,4-5,12-13,15H2,1-3H3. The molecule has 0 radical (unpaired) electrons. The van der Waals surface area contributed by atoms with E-state index in [0.717, 1.165) is 35.7 Å². The molecule has 0 saturated carbocycles. The summed E-state index contributed by atoms with van der Waals surface area (Å²) in [6, 6.07) is 11.5. The highest BCUT2D eigenvalue weighted by molar-refractivity contribution is 7.12. The van der Waals surface area contributed by atoms with E-state index in [9.17, 15) is 9.59 Å². The maximum absolute atomic E-state index is 13.1. The van der Waals surface area contributed by atoms with Gasteiger partial charge in [0.2, 0.25) is 0 Å². The fraction of sp³-hybridized carbons (Fsp3) is 0.435. The van der Waals surface area contributed by atoms with Crippen molar-refractivity contribution in [2.75, 3.05) is 19.6 Å². The topological polar surface area (TPSA) is 58.4 Å². The van der Waals surface area contributed by atoms with Crippen LogP contribution < -0.4 is 5.56 Å². The Kier molecular flexibility index (Phi) is 6.01. The maximum Gasteiger partial charge on any atom is 0.264 e. The lowest BCUT2D eigenvalue weighted by Crippen LogP contribution is -2.55. The van der Waals surface area contributed by atoms with Gasteiger partial charge < -0.3 is 4.90 Å². The summed E-state index contributed by atoms with van der Waals surface area (Å²) in [6.07, 6.45) is 0.858. The van der Waals surface area contributed by atoms with Gasteiger partial charge in [-0.3, -0.25) is 19.1 Å². The Morgan fingerprint density at radius 3 is 2.67 bits per heavy atom. The van der Waals surface area contributed by atoms with E-state index in [1.165, 1.54) is 11.3 Å². The van der Waals surface area contributed by atoms with Crippen molar-refractivity contribution in [1.29, 1.82) is 0 Å². The molecule has 1 aromatic carbocycles. The number of nitrogens with zero attached hydrogens (tertiary/aromatic N) is 4. The van der Waals surface area contributed by atoms with Gasteiger partial charge in [0.05, 0.1) is 21.8 Å². The Morgan fingerprint density at radius 1 is 1.20 bits per heavy atom. The summed E-state index contributed by atoms with van der Waals surface area (Å²) in [5.41, 5.74) is 0.774. The van der Waals surface area contributed by atoms with E-state index in [2.05, 4.69) is 18.7 Å². The number of rotatable bonds is 5. The summed E-state index contributed by atoms with van der Waals surface area (Å²) in [7, 11) is 0. The quantitative estimate of drug-likeness (QED) is 0.626. The highest BCUT2D eigenvalue weighted by Crippen LogP contribution is 2.27. The number of fused-ring (bicyclic) bond motifs is 1. The molecule has 0 spiro atoms. The van der Waals surface area contributed by atoms with Gasteiger partial charge in [-0.25, -0.2) is 4.98 Å². The van der Waals surface area contributed by atoms with Crippen LogP contribution in [0.1, 0.15) is 48.7 Å². The number of amides is 1. The SMILES string of the molecule is CCC(c1nc2ccccc2c(=O)n1CC)N1CCN(C(=O)c2cccs2)C(C)C1. The first-order valence-electron chi connectivity index (χ1n) is 10.6. The zero-order valence-electron chi connectivity index (χ0n) is 17.7. The van der Waals surface area contributed by atoms with Crippen molar-refractivity contribution in [3.63, 3.8) is 0 Å². The number of aromatic nitrogens is 2. The predicted molar refractivity (Wildman–Crippen MR) is 121 cm³/mol. The summed E-state index contributed by atoms with van der Waals surface area (Å²) in [6.45, 7) is 9.04. The smallest absolute Gasteiger partial charge is 0.264 e. The second-order valence-corrected chi connectivity index (χ2v) is 8.73. The average molecular weight is 425 g/mol. The Labute approximate surface area is 180 Å². The Hall–Kier alpha value is -2.51. The van der Waals surface area contributed by atoms with Crippen LogP contribution in [-0.2, 0) is 6.54 Å². The van der Waals surface area contributed by atoms with Crippen LogP contribution >= 0.6 is 11.3 Å². The Bertz CT molecular complexity index is 1090. The summed E-state index contributed by atoms with van der Waals surface area (Å²) in [5, 5.41) is 2.61. The molecule has 1 aliphatic heterocycles. The molecular weight excluding hydrogens is 396 g/mol. The fourth-order valence-electron chi connectivity index (χ4n) is 4.46. The molecule has 3 aromatic rings. The number of piperazine rings is 1. The van der Waals surface area contributed by atoms with E-state index in [0.29, 0.717) is 18.5 Å². The van der Waals surface area contributed by atoms with Gasteiger partial charge in [0, 0.05) is 32.2 Å². The number of hydrogen-bond acceptors (Lipinski definition) is 5. The van der Waals surface area contributed by atoms with Gasteiger partial charge in [-0.2, -0.15) is 0 Å². The van der Waals surface area contributed by atoms with Crippen molar-refractivity contribution in [2.24, 2.45) is 0 Å². The van der Waals surface area contributed by atoms with E-state index in [-0.39, 0.29) is 23.6 Å². The zero-order chi connectivity index (χ0) is 21.3. The molecule has 2 aromatic heterocycles. The minimum atomic E-state index is 0.0242. The summed E-state index contributed by atoms with van der Waals surface area (Å²) in [5.74, 6) is 0.938. The van der Waals surface area contributed by atoms with Crippen LogP contribution in [0.2, 0.25) is 0 Å². The molecule has 1 saturated heterocycles. The number of carbonyl (C=O) groups is 1. The van der Waals surface area contributed by atoms with Crippen molar-refractivity contribution in [3.8, 4) is 0 Å². The molecule has 1 fully saturated rings. The summed E-state index contributed by atoms with van der Waals surface area (Å²) < 4.78 is 1.81. The first-order chi connectivity index (χ1) is 14.5. The molecule has 30 heavy (non-hydrogen) atoms. The molecule has 2 unspecified atom stereocenters. The lowest BCUT2D eigenvalue weighted by molar-refractivity contribution is 0.0365. The molecule has 3 heterocycles. The third-order valence-corrected chi connectivity index (χ3v) is 6.84. The molecule has 158 valence electrons. The third kappa shape index (κ3) is 3.68. The molecule has 1 amide bonds. The van der Waals surface area contributed by atoms with Gasteiger partial charge in [0.15, 0.2) is 0 Å². The van der Waals surface area contributed by atoms with Crippen LogP contribution in [-0.4, -0.2) is 50.9 Å². The zero-order valence-corrected chi connectivity index (χ0v) is 18.6. The number of para-hydroxylation sites is 1. The first-order valence-corrected chi connectivity index (χ1v) is 11.5. The van der Waals surface area contributed by atoms with E-state index in [1.807, 2.05) is 58.2 Å². The maximum atomic E-state index is 13.1. The molecule has 7 heteroatoms. The van der Waals surface area contributed by atoms with E-state index in [4.69, 9.17) is 4.98 Å². The number of carbonyl (C=O) groups excluding carboxylic acids is 1. The Balaban J connectivity index is 1.62. The average Bonchev–Trinajstić information content (AvgIpc) is 3.29. The van der Waals surface area contributed by atoms with Gasteiger partial charge in [0.25, 0.3) is 11.5 Å². The van der Waals surface area contributed by atoms with Crippen molar-refractivity contribution in [2.45, 2.75) is 45.8 Å². The second-order valence-electron chi connectivity index (χ2n) is 7.78. The van der Waals surface area contributed by atoms with Crippen LogP contribution in [0.25, 0.3) is 10.9 Å². The molecule has 0 aliphatic carbocycles. The number of hydrogen-bond donors (Lipinski definition) is 0.